The Kier molecular flexibility index (Phi) is 4.02. The minimum atomic E-state index is -1.27. The zero-order valence-corrected chi connectivity index (χ0v) is 11.9. The summed E-state index contributed by atoms with van der Waals surface area (Å²) < 4.78 is 12.3. The highest BCUT2D eigenvalue weighted by molar-refractivity contribution is 7.85. The second kappa shape index (κ2) is 5.39. The Morgan fingerprint density at radius 1 is 1.37 bits per heavy atom. The molecule has 0 unspecified atom stereocenters. The van der Waals surface area contributed by atoms with Gasteiger partial charge in [-0.3, -0.25) is 9.00 Å². The van der Waals surface area contributed by atoms with Crippen LogP contribution in [0, 0.1) is 12.8 Å². The van der Waals surface area contributed by atoms with E-state index >= 15 is 0 Å². The lowest BCUT2D eigenvalue weighted by Gasteiger charge is -2.33. The molecule has 0 saturated heterocycles. The average Bonchev–Trinajstić information content (AvgIpc) is 2.35. The normalized spacial score (nSPS) is 28.4. The molecule has 0 radical (unpaired) electrons. The van der Waals surface area contributed by atoms with Gasteiger partial charge >= 0.3 is 0 Å². The fourth-order valence-electron chi connectivity index (χ4n) is 2.12. The summed E-state index contributed by atoms with van der Waals surface area (Å²) in [6.45, 7) is 3.78. The summed E-state index contributed by atoms with van der Waals surface area (Å²) >= 11 is 0. The maximum atomic E-state index is 12.3. The van der Waals surface area contributed by atoms with Gasteiger partial charge in [0.15, 0.2) is 5.78 Å². The van der Waals surface area contributed by atoms with Gasteiger partial charge in [0.25, 0.3) is 0 Å². The first-order valence-electron chi connectivity index (χ1n) is 6.30. The molecule has 0 aliphatic heterocycles. The van der Waals surface area contributed by atoms with Crippen molar-refractivity contribution in [2.75, 3.05) is 5.75 Å². The molecule has 0 spiro atoms. The van der Waals surface area contributed by atoms with Crippen LogP contribution in [0.3, 0.4) is 0 Å². The maximum absolute atomic E-state index is 12.3. The van der Waals surface area contributed by atoms with Crippen molar-refractivity contribution >= 4 is 16.6 Å². The van der Waals surface area contributed by atoms with Crippen LogP contribution in [0.15, 0.2) is 41.3 Å². The fraction of sp³-hybridized carbons (Fsp3) is 0.400. The zero-order valence-electron chi connectivity index (χ0n) is 11.1. The Balaban J connectivity index is 2.16. The Labute approximate surface area is 115 Å². The fourth-order valence-corrected chi connectivity index (χ4v) is 3.53. The number of carbonyl (C=O) groups excluding carboxylic acids is 1. The number of rotatable bonds is 3. The Hall–Kier alpha value is -1.26. The summed E-state index contributed by atoms with van der Waals surface area (Å²) in [5, 5.41) is 10.5. The predicted octanol–water partition coefficient (Wildman–Crippen LogP) is 2.00. The molecule has 1 aromatic rings. The predicted molar refractivity (Wildman–Crippen MR) is 75.3 cm³/mol. The molecule has 0 bridgehead atoms. The molecular formula is C15H18O3S. The molecule has 0 amide bonds. The summed E-state index contributed by atoms with van der Waals surface area (Å²) in [5.74, 6) is -0.0706. The van der Waals surface area contributed by atoms with Gasteiger partial charge in [-0.1, -0.05) is 24.6 Å². The van der Waals surface area contributed by atoms with Crippen LogP contribution >= 0.6 is 0 Å². The topological polar surface area (TPSA) is 54.4 Å². The number of allylic oxidation sites excluding steroid dienone is 1. The van der Waals surface area contributed by atoms with Gasteiger partial charge in [0.05, 0.1) is 22.2 Å². The van der Waals surface area contributed by atoms with Crippen molar-refractivity contribution in [3.63, 3.8) is 0 Å². The third-order valence-electron chi connectivity index (χ3n) is 3.56. The molecule has 102 valence electrons. The summed E-state index contributed by atoms with van der Waals surface area (Å²) in [4.78, 5) is 12.0. The lowest BCUT2D eigenvalue weighted by Crippen LogP contribution is -2.43. The molecule has 1 aromatic carbocycles. The molecule has 0 saturated carbocycles. The van der Waals surface area contributed by atoms with Crippen LogP contribution in [0.5, 0.6) is 0 Å². The van der Waals surface area contributed by atoms with Crippen LogP contribution in [0.1, 0.15) is 18.9 Å². The van der Waals surface area contributed by atoms with Crippen LogP contribution in [0.2, 0.25) is 0 Å². The number of hydrogen-bond acceptors (Lipinski definition) is 3. The summed E-state index contributed by atoms with van der Waals surface area (Å²) in [7, 11) is -1.27. The largest absolute Gasteiger partial charge is 0.385 e. The first kappa shape index (κ1) is 14.2. The minimum Gasteiger partial charge on any atom is -0.385 e. The highest BCUT2D eigenvalue weighted by Crippen LogP contribution is 2.29. The molecule has 3 nitrogen and oxygen atoms in total. The van der Waals surface area contributed by atoms with Gasteiger partial charge in [0.1, 0.15) is 0 Å². The van der Waals surface area contributed by atoms with Crippen LogP contribution in [0.4, 0.5) is 0 Å². The van der Waals surface area contributed by atoms with Gasteiger partial charge in [-0.15, -0.1) is 0 Å². The summed E-state index contributed by atoms with van der Waals surface area (Å²) in [6, 6.07) is 7.44. The quantitative estimate of drug-likeness (QED) is 0.920. The molecule has 0 aromatic heterocycles. The van der Waals surface area contributed by atoms with E-state index in [4.69, 9.17) is 0 Å². The van der Waals surface area contributed by atoms with E-state index in [0.717, 1.165) is 5.56 Å². The van der Waals surface area contributed by atoms with Crippen molar-refractivity contribution in [1.82, 2.24) is 0 Å². The molecule has 0 heterocycles. The molecule has 1 N–H and O–H groups in total. The summed E-state index contributed by atoms with van der Waals surface area (Å²) in [6.07, 6.45) is 3.19. The monoisotopic (exact) mass is 278 g/mol. The molecule has 3 atom stereocenters. The number of aryl methyl sites for hydroxylation is 1. The van der Waals surface area contributed by atoms with E-state index in [9.17, 15) is 14.1 Å². The first-order chi connectivity index (χ1) is 8.90. The van der Waals surface area contributed by atoms with Gasteiger partial charge in [-0.05, 0) is 37.1 Å². The first-order valence-corrected chi connectivity index (χ1v) is 7.62. The number of aliphatic hydroxyl groups is 1. The molecule has 2 rings (SSSR count). The smallest absolute Gasteiger partial charge is 0.155 e. The van der Waals surface area contributed by atoms with Crippen LogP contribution in [-0.2, 0) is 15.6 Å². The zero-order chi connectivity index (χ0) is 14.0. The second-order valence-electron chi connectivity index (χ2n) is 5.20. The molecular weight excluding hydrogens is 260 g/mol. The Morgan fingerprint density at radius 2 is 2.00 bits per heavy atom. The lowest BCUT2D eigenvalue weighted by atomic mass is 9.82. The lowest BCUT2D eigenvalue weighted by molar-refractivity contribution is -0.118. The second-order valence-corrected chi connectivity index (χ2v) is 6.65. The van der Waals surface area contributed by atoms with Gasteiger partial charge < -0.3 is 5.11 Å². The van der Waals surface area contributed by atoms with E-state index in [1.807, 2.05) is 38.1 Å². The van der Waals surface area contributed by atoms with E-state index in [0.29, 0.717) is 11.3 Å². The number of hydrogen-bond donors (Lipinski definition) is 1. The molecule has 4 heteroatoms. The van der Waals surface area contributed by atoms with E-state index in [-0.39, 0.29) is 17.5 Å². The van der Waals surface area contributed by atoms with Gasteiger partial charge in [0.2, 0.25) is 0 Å². The SMILES string of the molecule is Cc1ccc([S@@](=O)C[C@]2(O)C=CC(=O)C[C@H]2C)cc1. The van der Waals surface area contributed by atoms with Crippen LogP contribution in [-0.4, -0.2) is 26.5 Å². The number of carbonyl (C=O) groups is 1. The van der Waals surface area contributed by atoms with Crippen molar-refractivity contribution in [2.24, 2.45) is 5.92 Å². The number of ketones is 1. The Morgan fingerprint density at radius 3 is 2.58 bits per heavy atom. The van der Waals surface area contributed by atoms with Crippen molar-refractivity contribution < 1.29 is 14.1 Å². The molecule has 19 heavy (non-hydrogen) atoms. The van der Waals surface area contributed by atoms with Gasteiger partial charge in [-0.25, -0.2) is 0 Å². The van der Waals surface area contributed by atoms with Crippen molar-refractivity contribution in [3.05, 3.63) is 42.0 Å². The van der Waals surface area contributed by atoms with Crippen molar-refractivity contribution in [2.45, 2.75) is 30.8 Å². The third-order valence-corrected chi connectivity index (χ3v) is 5.09. The van der Waals surface area contributed by atoms with E-state index in [1.54, 1.807) is 0 Å². The van der Waals surface area contributed by atoms with Crippen molar-refractivity contribution in [3.8, 4) is 0 Å². The molecule has 1 aliphatic carbocycles. The molecule has 1 aliphatic rings. The van der Waals surface area contributed by atoms with Crippen molar-refractivity contribution in [1.29, 1.82) is 0 Å². The van der Waals surface area contributed by atoms with Gasteiger partial charge in [0, 0.05) is 11.3 Å². The molecule has 0 fully saturated rings. The number of benzene rings is 1. The maximum Gasteiger partial charge on any atom is 0.155 e. The van der Waals surface area contributed by atoms with Gasteiger partial charge in [-0.2, -0.15) is 0 Å². The van der Waals surface area contributed by atoms with Crippen LogP contribution < -0.4 is 0 Å². The van der Waals surface area contributed by atoms with E-state index < -0.39 is 16.4 Å². The average molecular weight is 278 g/mol. The van der Waals surface area contributed by atoms with E-state index in [1.165, 1.54) is 12.2 Å². The van der Waals surface area contributed by atoms with E-state index in [2.05, 4.69) is 0 Å². The third kappa shape index (κ3) is 3.19. The Bertz CT molecular complexity index is 533. The minimum absolute atomic E-state index is 0.0123. The highest BCUT2D eigenvalue weighted by Gasteiger charge is 2.37. The van der Waals surface area contributed by atoms with Crippen LogP contribution in [0.25, 0.3) is 0 Å². The summed E-state index contributed by atoms with van der Waals surface area (Å²) in [5.41, 5.74) is -0.0556. The highest BCUT2D eigenvalue weighted by atomic mass is 32.2. The standard InChI is InChI=1S/C15H18O3S/c1-11-3-5-14(6-4-11)19(18)10-15(17)8-7-13(16)9-12(15)2/h3-8,12,17H,9-10H2,1-2H3/t12-,15-,19+/m1/s1.